The van der Waals surface area contributed by atoms with Crippen LogP contribution in [0.2, 0.25) is 5.02 Å². The maximum absolute atomic E-state index is 13.7. The van der Waals surface area contributed by atoms with Crippen molar-refractivity contribution < 1.29 is 23.5 Å². The average molecular weight is 598 g/mol. The number of carbonyl (C=O) groups excluding carboxylic acids is 3. The predicted octanol–water partition coefficient (Wildman–Crippen LogP) is 4.32. The van der Waals surface area contributed by atoms with Gasteiger partial charge in [-0.3, -0.25) is 9.59 Å². The van der Waals surface area contributed by atoms with Gasteiger partial charge in [0.05, 0.1) is 34.8 Å². The number of ether oxygens (including phenoxy) is 1. The maximum atomic E-state index is 13.7. The zero-order valence-electron chi connectivity index (χ0n) is 23.9. The molecule has 3 heterocycles. The minimum absolute atomic E-state index is 0.0752. The second-order valence-electron chi connectivity index (χ2n) is 9.50. The van der Waals surface area contributed by atoms with E-state index in [1.807, 2.05) is 0 Å². The van der Waals surface area contributed by atoms with Gasteiger partial charge in [0.2, 0.25) is 5.91 Å². The van der Waals surface area contributed by atoms with Crippen molar-refractivity contribution in [3.63, 3.8) is 0 Å². The third-order valence-electron chi connectivity index (χ3n) is 6.89. The number of carbonyl (C=O) groups is 3. The lowest BCUT2D eigenvalue weighted by Crippen LogP contribution is -2.35. The molecule has 13 heteroatoms. The summed E-state index contributed by atoms with van der Waals surface area (Å²) in [4.78, 5) is 52.6. The van der Waals surface area contributed by atoms with Gasteiger partial charge in [-0.1, -0.05) is 25.4 Å². The van der Waals surface area contributed by atoms with Crippen molar-refractivity contribution in [3.05, 3.63) is 63.4 Å². The first kappa shape index (κ1) is 30.7. The van der Waals surface area contributed by atoms with E-state index in [1.54, 1.807) is 19.9 Å². The highest BCUT2D eigenvalue weighted by Crippen LogP contribution is 2.38. The molecule has 42 heavy (non-hydrogen) atoms. The van der Waals surface area contributed by atoms with Gasteiger partial charge in [-0.25, -0.2) is 19.2 Å². The lowest BCUT2D eigenvalue weighted by Gasteiger charge is -2.17. The van der Waals surface area contributed by atoms with E-state index in [-0.39, 0.29) is 46.7 Å². The van der Waals surface area contributed by atoms with Gasteiger partial charge < -0.3 is 30.6 Å². The van der Waals surface area contributed by atoms with Crippen LogP contribution in [-0.4, -0.2) is 70.4 Å². The van der Waals surface area contributed by atoms with Crippen LogP contribution in [0.3, 0.4) is 0 Å². The number of H-pyrrole nitrogens is 1. The fourth-order valence-electron chi connectivity index (χ4n) is 4.66. The average Bonchev–Trinajstić information content (AvgIpc) is 3.44. The predicted molar refractivity (Wildman–Crippen MR) is 159 cm³/mol. The fourth-order valence-corrected chi connectivity index (χ4v) is 4.84. The van der Waals surface area contributed by atoms with Crippen LogP contribution in [0.15, 0.2) is 24.5 Å². The molecule has 3 aromatic rings. The Bertz CT molecular complexity index is 1530. The first-order valence-electron chi connectivity index (χ1n) is 13.6. The molecule has 0 saturated carbocycles. The van der Waals surface area contributed by atoms with Crippen LogP contribution < -0.4 is 16.0 Å². The SMILES string of the molecule is CCOC(=O)c1c(CC(=O)NCCN(CC)CC)[nH]c(/C=C2\C(=O)Nc3ncnc(Nc4ccc(F)c(Cl)c4)c32)c1C. The second kappa shape index (κ2) is 13.6. The topological polar surface area (TPSA) is 141 Å². The monoisotopic (exact) mass is 597 g/mol. The number of likely N-dealkylation sites (N-methyl/N-ethyl adjacent to an activating group) is 1. The standard InChI is InChI=1S/C29H33ClFN7O4/c1-5-38(6-2)11-10-32-23(39)14-22-24(29(41)42-7-3)16(4)21(36-22)13-18-25-26(33-15-34-27(25)37-28(18)40)35-17-8-9-20(31)19(30)12-17/h8-9,12-13,15,36H,5-7,10-11,14H2,1-4H3,(H,32,39)(H2,33,34,35,37,40)/b18-13-. The summed E-state index contributed by atoms with van der Waals surface area (Å²) in [6, 6.07) is 4.11. The maximum Gasteiger partial charge on any atom is 0.340 e. The molecular weight excluding hydrogens is 565 g/mol. The summed E-state index contributed by atoms with van der Waals surface area (Å²) in [5, 5.41) is 8.60. The van der Waals surface area contributed by atoms with Crippen molar-refractivity contribution in [2.45, 2.75) is 34.1 Å². The molecule has 4 rings (SSSR count). The van der Waals surface area contributed by atoms with E-state index in [2.05, 4.69) is 49.6 Å². The third-order valence-corrected chi connectivity index (χ3v) is 7.18. The van der Waals surface area contributed by atoms with E-state index in [9.17, 15) is 18.8 Å². The van der Waals surface area contributed by atoms with Gasteiger partial charge in [0.25, 0.3) is 5.91 Å². The zero-order valence-corrected chi connectivity index (χ0v) is 24.6. The van der Waals surface area contributed by atoms with Crippen molar-refractivity contribution in [1.29, 1.82) is 0 Å². The number of benzene rings is 1. The number of nitrogens with zero attached hydrogens (tertiary/aromatic N) is 3. The largest absolute Gasteiger partial charge is 0.462 e. The highest BCUT2D eigenvalue weighted by molar-refractivity contribution is 6.35. The Kier molecular flexibility index (Phi) is 9.92. The molecule has 1 aliphatic heterocycles. The Labute approximate surface area is 247 Å². The zero-order chi connectivity index (χ0) is 30.4. The second-order valence-corrected chi connectivity index (χ2v) is 9.91. The molecule has 0 radical (unpaired) electrons. The lowest BCUT2D eigenvalue weighted by molar-refractivity contribution is -0.120. The number of anilines is 3. The number of fused-ring (bicyclic) bond motifs is 1. The van der Waals surface area contributed by atoms with E-state index >= 15 is 0 Å². The molecule has 1 aromatic carbocycles. The number of rotatable bonds is 12. The van der Waals surface area contributed by atoms with Crippen LogP contribution in [-0.2, 0) is 20.7 Å². The van der Waals surface area contributed by atoms with Crippen LogP contribution >= 0.6 is 11.6 Å². The summed E-state index contributed by atoms with van der Waals surface area (Å²) >= 11 is 5.93. The number of aromatic nitrogens is 3. The molecule has 11 nitrogen and oxygen atoms in total. The molecule has 1 aliphatic rings. The van der Waals surface area contributed by atoms with Crippen molar-refractivity contribution in [3.8, 4) is 0 Å². The lowest BCUT2D eigenvalue weighted by atomic mass is 10.0. The van der Waals surface area contributed by atoms with Gasteiger partial charge in [-0.15, -0.1) is 0 Å². The van der Waals surface area contributed by atoms with Crippen molar-refractivity contribution in [2.24, 2.45) is 0 Å². The summed E-state index contributed by atoms with van der Waals surface area (Å²) in [7, 11) is 0. The highest BCUT2D eigenvalue weighted by Gasteiger charge is 2.31. The summed E-state index contributed by atoms with van der Waals surface area (Å²) in [5.41, 5.74) is 2.63. The molecule has 4 N–H and O–H groups in total. The molecule has 0 unspecified atom stereocenters. The van der Waals surface area contributed by atoms with Gasteiger partial charge >= 0.3 is 5.97 Å². The molecule has 222 valence electrons. The van der Waals surface area contributed by atoms with Gasteiger partial charge in [0.15, 0.2) is 0 Å². The summed E-state index contributed by atoms with van der Waals surface area (Å²) in [5.74, 6) is -1.27. The normalized spacial score (nSPS) is 13.3. The van der Waals surface area contributed by atoms with Gasteiger partial charge in [-0.05, 0) is 56.8 Å². The molecule has 0 fully saturated rings. The number of hydrogen-bond donors (Lipinski definition) is 4. The van der Waals surface area contributed by atoms with Crippen LogP contribution in [0.5, 0.6) is 0 Å². The minimum Gasteiger partial charge on any atom is -0.462 e. The Balaban J connectivity index is 1.67. The van der Waals surface area contributed by atoms with Gasteiger partial charge in [0, 0.05) is 30.2 Å². The fraction of sp³-hybridized carbons (Fsp3) is 0.345. The Morgan fingerprint density at radius 3 is 2.64 bits per heavy atom. The van der Waals surface area contributed by atoms with Gasteiger partial charge in [0.1, 0.15) is 23.8 Å². The van der Waals surface area contributed by atoms with Crippen LogP contribution in [0.1, 0.15) is 53.6 Å². The number of halogens is 2. The molecule has 0 spiro atoms. The van der Waals surface area contributed by atoms with E-state index in [0.717, 1.165) is 13.1 Å². The highest BCUT2D eigenvalue weighted by atomic mass is 35.5. The number of amides is 2. The van der Waals surface area contributed by atoms with Crippen LogP contribution in [0.25, 0.3) is 11.6 Å². The summed E-state index contributed by atoms with van der Waals surface area (Å²) in [6.45, 7) is 10.6. The van der Waals surface area contributed by atoms with Crippen molar-refractivity contribution in [1.82, 2.24) is 25.2 Å². The van der Waals surface area contributed by atoms with E-state index in [1.165, 1.54) is 24.5 Å². The quantitative estimate of drug-likeness (QED) is 0.179. The number of aromatic amines is 1. The Hall–Kier alpha value is -4.29. The Morgan fingerprint density at radius 1 is 1.19 bits per heavy atom. The summed E-state index contributed by atoms with van der Waals surface area (Å²) in [6.07, 6.45) is 2.78. The molecule has 2 aromatic heterocycles. The number of hydrogen-bond acceptors (Lipinski definition) is 8. The molecular formula is C29H33ClFN7O4. The summed E-state index contributed by atoms with van der Waals surface area (Å²) < 4.78 is 19.0. The molecule has 2 amide bonds. The smallest absolute Gasteiger partial charge is 0.340 e. The molecule has 0 atom stereocenters. The minimum atomic E-state index is -0.572. The van der Waals surface area contributed by atoms with Crippen LogP contribution in [0, 0.1) is 12.7 Å². The van der Waals surface area contributed by atoms with Crippen molar-refractivity contribution >= 4 is 58.4 Å². The van der Waals surface area contributed by atoms with Crippen molar-refractivity contribution in [2.75, 3.05) is 43.4 Å². The van der Waals surface area contributed by atoms with Gasteiger partial charge in [-0.2, -0.15) is 0 Å². The van der Waals surface area contributed by atoms with E-state index in [0.29, 0.717) is 41.3 Å². The number of esters is 1. The van der Waals surface area contributed by atoms with E-state index in [4.69, 9.17) is 16.3 Å². The molecule has 0 aliphatic carbocycles. The Morgan fingerprint density at radius 2 is 1.95 bits per heavy atom. The van der Waals surface area contributed by atoms with E-state index < -0.39 is 17.7 Å². The molecule has 0 bridgehead atoms. The third kappa shape index (κ3) is 6.77. The first-order chi connectivity index (χ1) is 20.2. The first-order valence-corrected chi connectivity index (χ1v) is 14.0. The number of nitrogens with one attached hydrogen (secondary N) is 4. The van der Waals surface area contributed by atoms with Crippen LogP contribution in [0.4, 0.5) is 21.7 Å². The molecule has 0 saturated heterocycles.